The molecule has 0 aliphatic carbocycles. The molecule has 0 aromatic heterocycles. The summed E-state index contributed by atoms with van der Waals surface area (Å²) in [4.78, 5) is 26.5. The second kappa shape index (κ2) is 5.27. The number of hydrogen-bond acceptors (Lipinski definition) is 4. The van der Waals surface area contributed by atoms with E-state index in [2.05, 4.69) is 5.32 Å². The predicted octanol–water partition coefficient (Wildman–Crippen LogP) is 0.387. The number of rotatable bonds is 4. The molecule has 1 amide bonds. The average molecular weight is 263 g/mol. The Kier molecular flexibility index (Phi) is 3.71. The average Bonchev–Trinajstić information content (AvgIpc) is 2.38. The summed E-state index contributed by atoms with van der Waals surface area (Å²) in [7, 11) is 3.62. The van der Waals surface area contributed by atoms with Gasteiger partial charge in [0.05, 0.1) is 23.5 Å². The SMILES string of the molecule is CNCCN1C(=O)CN(C)c2cc(C(=O)O)ccc21. The first-order valence-electron chi connectivity index (χ1n) is 6.08. The zero-order valence-electron chi connectivity index (χ0n) is 11.0. The van der Waals surface area contributed by atoms with E-state index in [0.29, 0.717) is 13.1 Å². The van der Waals surface area contributed by atoms with Gasteiger partial charge in [0.25, 0.3) is 0 Å². The zero-order chi connectivity index (χ0) is 14.0. The zero-order valence-corrected chi connectivity index (χ0v) is 11.0. The van der Waals surface area contributed by atoms with Crippen molar-refractivity contribution in [3.63, 3.8) is 0 Å². The lowest BCUT2D eigenvalue weighted by molar-refractivity contribution is -0.117. The maximum atomic E-state index is 12.0. The first-order chi connectivity index (χ1) is 9.04. The monoisotopic (exact) mass is 263 g/mol. The van der Waals surface area contributed by atoms with Crippen molar-refractivity contribution < 1.29 is 14.7 Å². The van der Waals surface area contributed by atoms with Gasteiger partial charge in [-0.3, -0.25) is 4.79 Å². The van der Waals surface area contributed by atoms with Gasteiger partial charge in [-0.2, -0.15) is 0 Å². The predicted molar refractivity (Wildman–Crippen MR) is 73.0 cm³/mol. The molecule has 1 aromatic carbocycles. The molecule has 6 nitrogen and oxygen atoms in total. The van der Waals surface area contributed by atoms with Crippen LogP contribution in [0.5, 0.6) is 0 Å². The number of nitrogens with one attached hydrogen (secondary N) is 1. The highest BCUT2D eigenvalue weighted by molar-refractivity contribution is 6.04. The van der Waals surface area contributed by atoms with Crippen LogP contribution in [-0.4, -0.2) is 50.7 Å². The van der Waals surface area contributed by atoms with Gasteiger partial charge in [0.15, 0.2) is 0 Å². The third kappa shape index (κ3) is 2.53. The molecule has 0 radical (unpaired) electrons. The molecule has 2 rings (SSSR count). The largest absolute Gasteiger partial charge is 0.478 e. The summed E-state index contributed by atoms with van der Waals surface area (Å²) in [6.07, 6.45) is 0. The molecule has 19 heavy (non-hydrogen) atoms. The van der Waals surface area contributed by atoms with Gasteiger partial charge >= 0.3 is 5.97 Å². The van der Waals surface area contributed by atoms with Crippen molar-refractivity contribution in [2.24, 2.45) is 0 Å². The topological polar surface area (TPSA) is 72.9 Å². The minimum atomic E-state index is -0.963. The Morgan fingerprint density at radius 2 is 2.16 bits per heavy atom. The number of carbonyl (C=O) groups excluding carboxylic acids is 1. The first kappa shape index (κ1) is 13.4. The second-order valence-electron chi connectivity index (χ2n) is 4.51. The summed E-state index contributed by atoms with van der Waals surface area (Å²) in [6.45, 7) is 1.53. The summed E-state index contributed by atoms with van der Waals surface area (Å²) in [6, 6.07) is 4.83. The number of carboxylic acids is 1. The standard InChI is InChI=1S/C13H17N3O3/c1-14-5-6-16-10-4-3-9(13(18)19)7-11(10)15(2)8-12(16)17/h3-4,7,14H,5-6,8H2,1-2H3,(H,18,19). The van der Waals surface area contributed by atoms with Gasteiger partial charge in [-0.1, -0.05) is 0 Å². The number of aromatic carboxylic acids is 1. The Hall–Kier alpha value is -2.08. The van der Waals surface area contributed by atoms with Crippen molar-refractivity contribution in [3.8, 4) is 0 Å². The quantitative estimate of drug-likeness (QED) is 0.822. The highest BCUT2D eigenvalue weighted by atomic mass is 16.4. The molecule has 102 valence electrons. The van der Waals surface area contributed by atoms with Crippen LogP contribution in [0.25, 0.3) is 0 Å². The lowest BCUT2D eigenvalue weighted by atomic mass is 10.1. The number of fused-ring (bicyclic) bond motifs is 1. The highest BCUT2D eigenvalue weighted by Crippen LogP contribution is 2.33. The van der Waals surface area contributed by atoms with E-state index >= 15 is 0 Å². The van der Waals surface area contributed by atoms with Crippen molar-refractivity contribution >= 4 is 23.3 Å². The maximum absolute atomic E-state index is 12.0. The van der Waals surface area contributed by atoms with Crippen LogP contribution in [0.1, 0.15) is 10.4 Å². The van der Waals surface area contributed by atoms with Crippen molar-refractivity contribution in [3.05, 3.63) is 23.8 Å². The first-order valence-corrected chi connectivity index (χ1v) is 6.08. The number of anilines is 2. The molecule has 0 saturated heterocycles. The molecule has 0 fully saturated rings. The van der Waals surface area contributed by atoms with E-state index < -0.39 is 5.97 Å². The van der Waals surface area contributed by atoms with Crippen LogP contribution < -0.4 is 15.1 Å². The summed E-state index contributed by atoms with van der Waals surface area (Å²) in [5.41, 5.74) is 1.77. The molecule has 0 unspecified atom stereocenters. The summed E-state index contributed by atoms with van der Waals surface area (Å²) >= 11 is 0. The summed E-state index contributed by atoms with van der Waals surface area (Å²) < 4.78 is 0. The molecule has 2 N–H and O–H groups in total. The van der Waals surface area contributed by atoms with E-state index in [1.54, 1.807) is 29.0 Å². The van der Waals surface area contributed by atoms with E-state index in [-0.39, 0.29) is 18.0 Å². The van der Waals surface area contributed by atoms with Crippen LogP contribution in [0.4, 0.5) is 11.4 Å². The Balaban J connectivity index is 2.40. The number of benzene rings is 1. The smallest absolute Gasteiger partial charge is 0.335 e. The van der Waals surface area contributed by atoms with Crippen molar-refractivity contribution in [2.45, 2.75) is 0 Å². The summed E-state index contributed by atoms with van der Waals surface area (Å²) in [5.74, 6) is -0.941. The highest BCUT2D eigenvalue weighted by Gasteiger charge is 2.27. The van der Waals surface area contributed by atoms with E-state index in [9.17, 15) is 9.59 Å². The fourth-order valence-electron chi connectivity index (χ4n) is 2.17. The molecular formula is C13H17N3O3. The third-order valence-corrected chi connectivity index (χ3v) is 3.18. The molecule has 0 bridgehead atoms. The van der Waals surface area contributed by atoms with Crippen LogP contribution in [0, 0.1) is 0 Å². The van der Waals surface area contributed by atoms with E-state index in [1.165, 1.54) is 6.07 Å². The van der Waals surface area contributed by atoms with Crippen LogP contribution in [-0.2, 0) is 4.79 Å². The van der Waals surface area contributed by atoms with Crippen LogP contribution in [0.3, 0.4) is 0 Å². The minimum Gasteiger partial charge on any atom is -0.478 e. The van der Waals surface area contributed by atoms with Gasteiger partial charge in [0.1, 0.15) is 0 Å². The molecule has 0 spiro atoms. The molecule has 1 heterocycles. The number of carboxylic acid groups (broad SMARTS) is 1. The van der Waals surface area contributed by atoms with Crippen molar-refractivity contribution in [1.82, 2.24) is 5.32 Å². The number of amides is 1. The molecule has 6 heteroatoms. The fourth-order valence-corrected chi connectivity index (χ4v) is 2.17. The van der Waals surface area contributed by atoms with Crippen molar-refractivity contribution in [1.29, 1.82) is 0 Å². The second-order valence-corrected chi connectivity index (χ2v) is 4.51. The maximum Gasteiger partial charge on any atom is 0.335 e. The van der Waals surface area contributed by atoms with Gasteiger partial charge in [0, 0.05) is 20.1 Å². The van der Waals surface area contributed by atoms with Gasteiger partial charge in [0.2, 0.25) is 5.91 Å². The van der Waals surface area contributed by atoms with Crippen LogP contribution in [0.15, 0.2) is 18.2 Å². The van der Waals surface area contributed by atoms with E-state index in [1.807, 2.05) is 7.05 Å². The van der Waals surface area contributed by atoms with Gasteiger partial charge in [-0.15, -0.1) is 0 Å². The van der Waals surface area contributed by atoms with Gasteiger partial charge < -0.3 is 20.2 Å². The fraction of sp³-hybridized carbons (Fsp3) is 0.385. The van der Waals surface area contributed by atoms with Crippen LogP contribution in [0.2, 0.25) is 0 Å². The van der Waals surface area contributed by atoms with Gasteiger partial charge in [-0.25, -0.2) is 4.79 Å². The Morgan fingerprint density at radius 3 is 2.79 bits per heavy atom. The molecule has 0 atom stereocenters. The Morgan fingerprint density at radius 1 is 1.42 bits per heavy atom. The van der Waals surface area contributed by atoms with E-state index in [4.69, 9.17) is 5.11 Å². The molecule has 1 aliphatic heterocycles. The molecule has 0 saturated carbocycles. The van der Waals surface area contributed by atoms with Crippen LogP contribution >= 0.6 is 0 Å². The Labute approximate surface area is 111 Å². The normalized spacial score (nSPS) is 14.5. The third-order valence-electron chi connectivity index (χ3n) is 3.18. The molecular weight excluding hydrogens is 246 g/mol. The lowest BCUT2D eigenvalue weighted by Gasteiger charge is -2.35. The number of nitrogens with zero attached hydrogens (tertiary/aromatic N) is 2. The van der Waals surface area contributed by atoms with Crippen molar-refractivity contribution in [2.75, 3.05) is 43.5 Å². The van der Waals surface area contributed by atoms with Gasteiger partial charge in [-0.05, 0) is 25.2 Å². The number of hydrogen-bond donors (Lipinski definition) is 2. The minimum absolute atomic E-state index is 0.0216. The summed E-state index contributed by atoms with van der Waals surface area (Å²) in [5, 5.41) is 12.0. The molecule has 1 aromatic rings. The van der Waals surface area contributed by atoms with E-state index in [0.717, 1.165) is 11.4 Å². The number of likely N-dealkylation sites (N-methyl/N-ethyl adjacent to an activating group) is 2. The Bertz CT molecular complexity index is 516. The lowest BCUT2D eigenvalue weighted by Crippen LogP contribution is -2.46. The number of carbonyl (C=O) groups is 2. The molecule has 1 aliphatic rings.